The minimum Gasteiger partial charge on any atom is -0.381 e. The maximum absolute atomic E-state index is 9.81. The molecule has 0 saturated carbocycles. The van der Waals surface area contributed by atoms with E-state index in [-0.39, 0.29) is 0 Å². The summed E-state index contributed by atoms with van der Waals surface area (Å²) in [6.45, 7) is 1.92. The predicted octanol–water partition coefficient (Wildman–Crippen LogP) is 1.99. The fraction of sp³-hybridized carbons (Fsp3) is 0.250. The summed E-state index contributed by atoms with van der Waals surface area (Å²) in [4.78, 5) is 5.05. The van der Waals surface area contributed by atoms with Gasteiger partial charge in [-0.3, -0.25) is 0 Å². The summed E-state index contributed by atoms with van der Waals surface area (Å²) < 4.78 is 3.93. The molecule has 2 heterocycles. The zero-order valence-electron chi connectivity index (χ0n) is 6.97. The van der Waals surface area contributed by atoms with Gasteiger partial charge in [0.1, 0.15) is 6.10 Å². The first-order valence-electron chi connectivity index (χ1n) is 3.78. The van der Waals surface area contributed by atoms with Crippen molar-refractivity contribution in [2.75, 3.05) is 0 Å². The number of thiazole rings is 1. The Hall–Kier alpha value is -0.780. The maximum Gasteiger partial charge on any atom is 0.132 e. The van der Waals surface area contributed by atoms with Crippen molar-refractivity contribution in [3.63, 3.8) is 0 Å². The lowest BCUT2D eigenvalue weighted by molar-refractivity contribution is 0.220. The summed E-state index contributed by atoms with van der Waals surface area (Å²) in [6, 6.07) is 1.81. The van der Waals surface area contributed by atoms with Crippen LogP contribution in [0, 0.1) is 6.92 Å². The fourth-order valence-electron chi connectivity index (χ4n) is 1.02. The van der Waals surface area contributed by atoms with Crippen LogP contribution >= 0.6 is 22.9 Å². The van der Waals surface area contributed by atoms with E-state index in [1.165, 1.54) is 11.5 Å². The number of nitrogens with zero attached hydrogens (tertiary/aromatic N) is 2. The highest BCUT2D eigenvalue weighted by atomic mass is 32.1. The van der Waals surface area contributed by atoms with Crippen LogP contribution in [0.2, 0.25) is 0 Å². The Labute approximate surface area is 83.9 Å². The molecule has 0 aliphatic rings. The van der Waals surface area contributed by atoms with Crippen molar-refractivity contribution < 1.29 is 5.11 Å². The van der Waals surface area contributed by atoms with E-state index in [4.69, 9.17) is 0 Å². The third kappa shape index (κ3) is 1.77. The predicted molar refractivity (Wildman–Crippen MR) is 53.0 cm³/mol. The molecule has 0 aromatic carbocycles. The molecule has 0 fully saturated rings. The molecule has 5 heteroatoms. The highest BCUT2D eigenvalue weighted by Gasteiger charge is 2.14. The molecule has 0 saturated heterocycles. The smallest absolute Gasteiger partial charge is 0.132 e. The third-order valence-corrected chi connectivity index (χ3v) is 3.23. The molecule has 1 unspecified atom stereocenters. The highest BCUT2D eigenvalue weighted by Crippen LogP contribution is 2.25. The van der Waals surface area contributed by atoms with Gasteiger partial charge in [-0.15, -0.1) is 11.3 Å². The van der Waals surface area contributed by atoms with Gasteiger partial charge >= 0.3 is 0 Å². The largest absolute Gasteiger partial charge is 0.381 e. The summed E-state index contributed by atoms with van der Waals surface area (Å²) in [5.74, 6) is 0. The molecule has 2 aromatic rings. The monoisotopic (exact) mass is 212 g/mol. The van der Waals surface area contributed by atoms with Crippen LogP contribution < -0.4 is 0 Å². The van der Waals surface area contributed by atoms with Crippen molar-refractivity contribution in [3.8, 4) is 0 Å². The first kappa shape index (κ1) is 8.80. The van der Waals surface area contributed by atoms with Gasteiger partial charge < -0.3 is 5.11 Å². The zero-order chi connectivity index (χ0) is 9.26. The molecule has 2 aromatic heterocycles. The molecule has 13 heavy (non-hydrogen) atoms. The first-order chi connectivity index (χ1) is 6.27. The van der Waals surface area contributed by atoms with Gasteiger partial charge in [0.05, 0.1) is 15.6 Å². The highest BCUT2D eigenvalue weighted by molar-refractivity contribution is 7.09. The Bertz CT molecular complexity index is 383. The van der Waals surface area contributed by atoms with E-state index in [1.54, 1.807) is 17.5 Å². The molecule has 0 amide bonds. The summed E-state index contributed by atoms with van der Waals surface area (Å²) in [5, 5.41) is 12.7. The summed E-state index contributed by atoms with van der Waals surface area (Å²) >= 11 is 2.84. The van der Waals surface area contributed by atoms with Crippen molar-refractivity contribution in [2.24, 2.45) is 0 Å². The van der Waals surface area contributed by atoms with E-state index < -0.39 is 6.10 Å². The van der Waals surface area contributed by atoms with E-state index in [2.05, 4.69) is 9.36 Å². The van der Waals surface area contributed by atoms with Crippen LogP contribution in [0.25, 0.3) is 0 Å². The maximum atomic E-state index is 9.81. The van der Waals surface area contributed by atoms with Crippen LogP contribution in [0.3, 0.4) is 0 Å². The Morgan fingerprint density at radius 3 is 2.92 bits per heavy atom. The zero-order valence-corrected chi connectivity index (χ0v) is 8.60. The van der Waals surface area contributed by atoms with Crippen molar-refractivity contribution in [2.45, 2.75) is 13.0 Å². The van der Waals surface area contributed by atoms with Gasteiger partial charge in [0.2, 0.25) is 0 Å². The van der Waals surface area contributed by atoms with Gasteiger partial charge in [0.25, 0.3) is 0 Å². The molecule has 0 spiro atoms. The van der Waals surface area contributed by atoms with Crippen molar-refractivity contribution >= 4 is 22.9 Å². The number of aliphatic hydroxyl groups is 1. The van der Waals surface area contributed by atoms with E-state index in [1.807, 2.05) is 18.4 Å². The topological polar surface area (TPSA) is 46.0 Å². The summed E-state index contributed by atoms with van der Waals surface area (Å²) in [6.07, 6.45) is 1.07. The minimum atomic E-state index is -0.613. The van der Waals surface area contributed by atoms with Crippen LogP contribution in [0.4, 0.5) is 0 Å². The average Bonchev–Trinajstić information content (AvgIpc) is 2.72. The van der Waals surface area contributed by atoms with Gasteiger partial charge in [-0.25, -0.2) is 9.36 Å². The molecule has 0 aliphatic heterocycles. The molecule has 1 atom stereocenters. The molecule has 0 radical (unpaired) electrons. The number of aryl methyl sites for hydroxylation is 1. The lowest BCUT2D eigenvalue weighted by Gasteiger charge is -2.02. The number of rotatable bonds is 2. The first-order valence-corrected chi connectivity index (χ1v) is 5.43. The van der Waals surface area contributed by atoms with Gasteiger partial charge in [-0.1, -0.05) is 0 Å². The molecular formula is C8H8N2OS2. The molecule has 68 valence electrons. The quantitative estimate of drug-likeness (QED) is 0.828. The standard InChI is InChI=1S/C8H8N2OS2/c1-5-10-6(4-12-5)8(11)7-2-3-9-13-7/h2-4,8,11H,1H3. The number of aliphatic hydroxyl groups excluding tert-OH is 1. The molecule has 0 bridgehead atoms. The second-order valence-electron chi connectivity index (χ2n) is 2.61. The van der Waals surface area contributed by atoms with Crippen molar-refractivity contribution in [1.82, 2.24) is 9.36 Å². The summed E-state index contributed by atoms with van der Waals surface area (Å²) in [7, 11) is 0. The Morgan fingerprint density at radius 1 is 1.54 bits per heavy atom. The van der Waals surface area contributed by atoms with Crippen LogP contribution in [0.1, 0.15) is 21.7 Å². The van der Waals surface area contributed by atoms with Gasteiger partial charge in [-0.05, 0) is 24.5 Å². The average molecular weight is 212 g/mol. The van der Waals surface area contributed by atoms with Crippen molar-refractivity contribution in [1.29, 1.82) is 0 Å². The molecule has 0 aliphatic carbocycles. The second-order valence-corrected chi connectivity index (χ2v) is 4.54. The molecule has 3 nitrogen and oxygen atoms in total. The van der Waals surface area contributed by atoms with Gasteiger partial charge in [0.15, 0.2) is 0 Å². The summed E-state index contributed by atoms with van der Waals surface area (Å²) in [5.41, 5.74) is 0.715. The van der Waals surface area contributed by atoms with E-state index in [0.717, 1.165) is 9.88 Å². The van der Waals surface area contributed by atoms with Crippen LogP contribution in [-0.4, -0.2) is 14.5 Å². The Balaban J connectivity index is 2.28. The van der Waals surface area contributed by atoms with Gasteiger partial charge in [0, 0.05) is 11.6 Å². The third-order valence-electron chi connectivity index (χ3n) is 1.64. The molecule has 2 rings (SSSR count). The number of hydrogen-bond donors (Lipinski definition) is 1. The van der Waals surface area contributed by atoms with E-state index in [9.17, 15) is 5.11 Å². The van der Waals surface area contributed by atoms with Gasteiger partial charge in [-0.2, -0.15) is 0 Å². The van der Waals surface area contributed by atoms with Crippen LogP contribution in [0.5, 0.6) is 0 Å². The van der Waals surface area contributed by atoms with Crippen LogP contribution in [0.15, 0.2) is 17.6 Å². The molecular weight excluding hydrogens is 204 g/mol. The van der Waals surface area contributed by atoms with Crippen molar-refractivity contribution in [3.05, 3.63) is 33.2 Å². The number of hydrogen-bond acceptors (Lipinski definition) is 5. The van der Waals surface area contributed by atoms with E-state index in [0.29, 0.717) is 5.69 Å². The normalized spacial score (nSPS) is 13.1. The SMILES string of the molecule is Cc1nc(C(O)c2ccns2)cs1. The minimum absolute atomic E-state index is 0.613. The number of aromatic nitrogens is 2. The van der Waals surface area contributed by atoms with E-state index >= 15 is 0 Å². The Morgan fingerprint density at radius 2 is 2.38 bits per heavy atom. The fourth-order valence-corrected chi connectivity index (χ4v) is 2.23. The molecule has 1 N–H and O–H groups in total. The lowest BCUT2D eigenvalue weighted by Crippen LogP contribution is -1.96. The van der Waals surface area contributed by atoms with Crippen LogP contribution in [-0.2, 0) is 0 Å². The second kappa shape index (κ2) is 3.53. The Kier molecular flexibility index (Phi) is 2.39. The lowest BCUT2D eigenvalue weighted by atomic mass is 10.2.